The highest BCUT2D eigenvalue weighted by molar-refractivity contribution is 9.11. The summed E-state index contributed by atoms with van der Waals surface area (Å²) in [7, 11) is -4.31. The predicted octanol–water partition coefficient (Wildman–Crippen LogP) is 2.23. The van der Waals surface area contributed by atoms with Crippen molar-refractivity contribution < 1.29 is 22.8 Å². The Hall–Kier alpha value is -0.930. The van der Waals surface area contributed by atoms with Crippen molar-refractivity contribution in [1.82, 2.24) is 4.47 Å². The molecule has 0 radical (unpaired) electrons. The lowest BCUT2D eigenvalue weighted by atomic mass is 10.4. The van der Waals surface area contributed by atoms with E-state index in [2.05, 4.69) is 36.7 Å². The topological polar surface area (TPSA) is 80.8 Å². The third-order valence-corrected chi connectivity index (χ3v) is 5.43. The Balaban J connectivity index is 3.44. The van der Waals surface area contributed by atoms with Crippen molar-refractivity contribution in [3.05, 3.63) is 27.1 Å². The van der Waals surface area contributed by atoms with Gasteiger partial charge >= 0.3 is 5.97 Å². The molecule has 0 saturated carbocycles. The van der Waals surface area contributed by atoms with Crippen LogP contribution in [0.3, 0.4) is 0 Å². The zero-order valence-corrected chi connectivity index (χ0v) is 13.9. The van der Waals surface area contributed by atoms with Crippen LogP contribution in [0.25, 0.3) is 0 Å². The average molecular weight is 415 g/mol. The normalized spacial score (nSPS) is 10.9. The maximum absolute atomic E-state index is 12.3. The standard InChI is InChI=1S/C10H9Br2NO5S/c1-6(14)13(18-7(2)15)19(16,17)10-8(11)4-3-5-9(10)12/h3-5H,1-2H3. The Morgan fingerprint density at radius 3 is 2.00 bits per heavy atom. The number of amides is 1. The number of halogens is 2. The van der Waals surface area contributed by atoms with Gasteiger partial charge in [-0.2, -0.15) is 8.42 Å². The molecule has 0 bridgehead atoms. The smallest absolute Gasteiger partial charge is 0.323 e. The van der Waals surface area contributed by atoms with Crippen molar-refractivity contribution in [2.75, 3.05) is 0 Å². The molecule has 1 aromatic carbocycles. The van der Waals surface area contributed by atoms with Gasteiger partial charge in [-0.3, -0.25) is 4.79 Å². The lowest BCUT2D eigenvalue weighted by molar-refractivity contribution is -0.175. The highest BCUT2D eigenvalue weighted by Gasteiger charge is 2.33. The molecule has 0 aromatic heterocycles. The Kier molecular flexibility index (Phi) is 5.11. The number of rotatable bonds is 2. The lowest BCUT2D eigenvalue weighted by Crippen LogP contribution is -2.37. The van der Waals surface area contributed by atoms with E-state index in [0.29, 0.717) is 0 Å². The Morgan fingerprint density at radius 1 is 1.16 bits per heavy atom. The van der Waals surface area contributed by atoms with Crippen molar-refractivity contribution in [3.8, 4) is 0 Å². The van der Waals surface area contributed by atoms with E-state index in [4.69, 9.17) is 0 Å². The highest BCUT2D eigenvalue weighted by Crippen LogP contribution is 2.32. The summed E-state index contributed by atoms with van der Waals surface area (Å²) in [5.41, 5.74) is 0. The molecular weight excluding hydrogens is 406 g/mol. The van der Waals surface area contributed by atoms with Gasteiger partial charge < -0.3 is 4.84 Å². The summed E-state index contributed by atoms with van der Waals surface area (Å²) in [6.45, 7) is 1.98. The van der Waals surface area contributed by atoms with Crippen LogP contribution >= 0.6 is 31.9 Å². The van der Waals surface area contributed by atoms with Crippen LogP contribution in [0, 0.1) is 0 Å². The minimum absolute atomic E-state index is 0.0557. The number of hydroxylamine groups is 1. The minimum atomic E-state index is -4.31. The van der Waals surface area contributed by atoms with Gasteiger partial charge in [-0.1, -0.05) is 10.5 Å². The second-order valence-corrected chi connectivity index (χ2v) is 6.78. The molecule has 0 saturated heterocycles. The fourth-order valence-electron chi connectivity index (χ4n) is 1.21. The fraction of sp³-hybridized carbons (Fsp3) is 0.200. The van der Waals surface area contributed by atoms with E-state index >= 15 is 0 Å². The Bertz CT molecular complexity index is 609. The third-order valence-electron chi connectivity index (χ3n) is 1.86. The number of hydrogen-bond acceptors (Lipinski definition) is 5. The van der Waals surface area contributed by atoms with Crippen molar-refractivity contribution in [2.24, 2.45) is 0 Å². The van der Waals surface area contributed by atoms with Gasteiger partial charge in [0.15, 0.2) is 0 Å². The van der Waals surface area contributed by atoms with E-state index in [1.54, 1.807) is 6.07 Å². The van der Waals surface area contributed by atoms with Crippen LogP contribution in [0.2, 0.25) is 0 Å². The summed E-state index contributed by atoms with van der Waals surface area (Å²) < 4.78 is 25.2. The first kappa shape index (κ1) is 16.1. The van der Waals surface area contributed by atoms with E-state index in [1.807, 2.05) is 0 Å². The largest absolute Gasteiger partial charge is 0.330 e. The first-order valence-corrected chi connectivity index (χ1v) is 7.89. The molecule has 0 aliphatic rings. The van der Waals surface area contributed by atoms with Crippen molar-refractivity contribution >= 4 is 53.8 Å². The van der Waals surface area contributed by atoms with Gasteiger partial charge in [0.2, 0.25) is 0 Å². The number of nitrogens with zero attached hydrogens (tertiary/aromatic N) is 1. The molecule has 0 N–H and O–H groups in total. The van der Waals surface area contributed by atoms with Gasteiger partial charge in [-0.15, -0.1) is 0 Å². The number of carbonyl (C=O) groups excluding carboxylic acids is 2. The molecule has 6 nitrogen and oxygen atoms in total. The molecule has 0 atom stereocenters. The molecule has 0 aliphatic carbocycles. The fourth-order valence-corrected chi connectivity index (χ4v) is 4.77. The monoisotopic (exact) mass is 413 g/mol. The van der Waals surface area contributed by atoms with Crippen LogP contribution in [0.4, 0.5) is 0 Å². The molecular formula is C10H9Br2NO5S. The second kappa shape index (κ2) is 6.02. The summed E-state index contributed by atoms with van der Waals surface area (Å²) in [6.07, 6.45) is 0. The summed E-state index contributed by atoms with van der Waals surface area (Å²) >= 11 is 6.16. The van der Waals surface area contributed by atoms with Crippen LogP contribution in [-0.2, 0) is 24.4 Å². The molecule has 1 amide bonds. The summed E-state index contributed by atoms with van der Waals surface area (Å²) in [5, 5.41) is 0. The molecule has 19 heavy (non-hydrogen) atoms. The molecule has 1 rings (SSSR count). The Labute approximate surface area is 127 Å². The van der Waals surface area contributed by atoms with Gasteiger partial charge in [0.25, 0.3) is 15.9 Å². The molecule has 0 aliphatic heterocycles. The van der Waals surface area contributed by atoms with E-state index in [-0.39, 0.29) is 18.3 Å². The number of hydrogen-bond donors (Lipinski definition) is 0. The van der Waals surface area contributed by atoms with Crippen LogP contribution in [0.15, 0.2) is 32.0 Å². The zero-order chi connectivity index (χ0) is 14.8. The van der Waals surface area contributed by atoms with Crippen LogP contribution < -0.4 is 0 Å². The number of carbonyl (C=O) groups is 2. The second-order valence-electron chi connectivity index (χ2n) is 3.38. The zero-order valence-electron chi connectivity index (χ0n) is 9.88. The van der Waals surface area contributed by atoms with Gasteiger partial charge in [0.1, 0.15) is 4.90 Å². The van der Waals surface area contributed by atoms with E-state index in [1.165, 1.54) is 12.1 Å². The van der Waals surface area contributed by atoms with Gasteiger partial charge in [-0.05, 0) is 44.0 Å². The van der Waals surface area contributed by atoms with E-state index in [0.717, 1.165) is 13.8 Å². The van der Waals surface area contributed by atoms with Crippen molar-refractivity contribution in [2.45, 2.75) is 18.7 Å². The SMILES string of the molecule is CC(=O)ON(C(C)=O)S(=O)(=O)c1c(Br)cccc1Br. The van der Waals surface area contributed by atoms with Gasteiger partial charge in [0.05, 0.1) is 0 Å². The minimum Gasteiger partial charge on any atom is -0.323 e. The van der Waals surface area contributed by atoms with Crippen molar-refractivity contribution in [3.63, 3.8) is 0 Å². The molecule has 0 unspecified atom stereocenters. The molecule has 0 spiro atoms. The predicted molar refractivity (Wildman–Crippen MR) is 73.3 cm³/mol. The molecule has 1 aromatic rings. The highest BCUT2D eigenvalue weighted by atomic mass is 79.9. The first-order chi connectivity index (χ1) is 8.67. The van der Waals surface area contributed by atoms with Crippen LogP contribution in [0.1, 0.15) is 13.8 Å². The molecule has 0 heterocycles. The van der Waals surface area contributed by atoms with Gasteiger partial charge in [0, 0.05) is 22.8 Å². The lowest BCUT2D eigenvalue weighted by Gasteiger charge is -2.19. The summed E-state index contributed by atoms with van der Waals surface area (Å²) in [4.78, 5) is 26.5. The molecule has 9 heteroatoms. The quantitative estimate of drug-likeness (QED) is 0.693. The molecule has 0 fully saturated rings. The van der Waals surface area contributed by atoms with Crippen molar-refractivity contribution in [1.29, 1.82) is 0 Å². The Morgan fingerprint density at radius 2 is 1.63 bits per heavy atom. The first-order valence-electron chi connectivity index (χ1n) is 4.86. The summed E-state index contributed by atoms with van der Waals surface area (Å²) in [6, 6.07) is 4.59. The van der Waals surface area contributed by atoms with Crippen LogP contribution in [-0.4, -0.2) is 24.8 Å². The van der Waals surface area contributed by atoms with Gasteiger partial charge in [-0.25, -0.2) is 4.79 Å². The average Bonchev–Trinajstić information content (AvgIpc) is 2.24. The van der Waals surface area contributed by atoms with Crippen LogP contribution in [0.5, 0.6) is 0 Å². The van der Waals surface area contributed by atoms with E-state index in [9.17, 15) is 18.0 Å². The molecule has 104 valence electrons. The maximum atomic E-state index is 12.3. The maximum Gasteiger partial charge on any atom is 0.330 e. The number of sulfonamides is 1. The van der Waals surface area contributed by atoms with E-state index < -0.39 is 21.9 Å². The summed E-state index contributed by atoms with van der Waals surface area (Å²) in [5.74, 6) is -1.85. The number of benzene rings is 1. The third kappa shape index (κ3) is 3.54.